The van der Waals surface area contributed by atoms with Crippen LogP contribution in [0.1, 0.15) is 31.4 Å². The van der Waals surface area contributed by atoms with Gasteiger partial charge in [-0.3, -0.25) is 0 Å². The van der Waals surface area contributed by atoms with Crippen LogP contribution in [-0.4, -0.2) is 0 Å². The molecule has 0 heterocycles. The molecule has 0 unspecified atom stereocenters. The average molecular weight is 240 g/mol. The summed E-state index contributed by atoms with van der Waals surface area (Å²) < 4.78 is 38.1. The van der Waals surface area contributed by atoms with Gasteiger partial charge >= 0.3 is 0 Å². The predicted octanol–water partition coefficient (Wildman–Crippen LogP) is 3.33. The standard InChI is InChI=1S/C10H12F3N.ClH/c1-2-3-9(14)6-4-7(11)10(13)8(12)5-6;/h4-5,9H,2-3,14H2,1H3;1H/t9-;/m1./s1. The lowest BCUT2D eigenvalue weighted by Crippen LogP contribution is -2.11. The van der Waals surface area contributed by atoms with Gasteiger partial charge in [-0.2, -0.15) is 0 Å². The lowest BCUT2D eigenvalue weighted by atomic mass is 10.0. The molecule has 1 aromatic carbocycles. The van der Waals surface area contributed by atoms with Gasteiger partial charge in [-0.1, -0.05) is 13.3 Å². The highest BCUT2D eigenvalue weighted by Crippen LogP contribution is 2.20. The third kappa shape index (κ3) is 3.39. The summed E-state index contributed by atoms with van der Waals surface area (Å²) in [5.41, 5.74) is 5.93. The van der Waals surface area contributed by atoms with Crippen LogP contribution in [0.4, 0.5) is 13.2 Å². The molecule has 5 heteroatoms. The van der Waals surface area contributed by atoms with E-state index in [0.29, 0.717) is 12.0 Å². The summed E-state index contributed by atoms with van der Waals surface area (Å²) in [5, 5.41) is 0. The SMILES string of the molecule is CCC[C@@H](N)c1cc(F)c(F)c(F)c1.Cl. The fraction of sp³-hybridized carbons (Fsp3) is 0.400. The van der Waals surface area contributed by atoms with E-state index in [4.69, 9.17) is 5.73 Å². The van der Waals surface area contributed by atoms with E-state index in [2.05, 4.69) is 0 Å². The quantitative estimate of drug-likeness (QED) is 0.805. The maximum Gasteiger partial charge on any atom is 0.194 e. The highest BCUT2D eigenvalue weighted by Gasteiger charge is 2.13. The predicted molar refractivity (Wildman–Crippen MR) is 55.4 cm³/mol. The Morgan fingerprint density at radius 3 is 2.07 bits per heavy atom. The van der Waals surface area contributed by atoms with Crippen LogP contribution in [0.5, 0.6) is 0 Å². The summed E-state index contributed by atoms with van der Waals surface area (Å²) >= 11 is 0. The molecule has 0 aliphatic heterocycles. The van der Waals surface area contributed by atoms with Crippen molar-refractivity contribution in [3.63, 3.8) is 0 Å². The van der Waals surface area contributed by atoms with Crippen LogP contribution in [0.15, 0.2) is 12.1 Å². The zero-order valence-electron chi connectivity index (χ0n) is 8.27. The molecule has 0 fully saturated rings. The van der Waals surface area contributed by atoms with Crippen molar-refractivity contribution in [1.82, 2.24) is 0 Å². The summed E-state index contributed by atoms with van der Waals surface area (Å²) in [5.74, 6) is -3.82. The van der Waals surface area contributed by atoms with Crippen LogP contribution in [0.3, 0.4) is 0 Å². The van der Waals surface area contributed by atoms with Crippen molar-refractivity contribution in [1.29, 1.82) is 0 Å². The van der Waals surface area contributed by atoms with E-state index < -0.39 is 23.5 Å². The van der Waals surface area contributed by atoms with E-state index >= 15 is 0 Å². The maximum absolute atomic E-state index is 12.8. The molecule has 0 spiro atoms. The Morgan fingerprint density at radius 1 is 1.20 bits per heavy atom. The van der Waals surface area contributed by atoms with Gasteiger partial charge in [0.15, 0.2) is 17.5 Å². The summed E-state index contributed by atoms with van der Waals surface area (Å²) in [6.45, 7) is 1.91. The second kappa shape index (κ2) is 5.98. The summed E-state index contributed by atoms with van der Waals surface area (Å²) in [6.07, 6.45) is 1.42. The first-order valence-electron chi connectivity index (χ1n) is 4.46. The van der Waals surface area contributed by atoms with Crippen LogP contribution in [0, 0.1) is 17.5 Å². The third-order valence-corrected chi connectivity index (χ3v) is 2.03. The van der Waals surface area contributed by atoms with E-state index in [0.717, 1.165) is 18.6 Å². The van der Waals surface area contributed by atoms with Crippen molar-refractivity contribution in [2.75, 3.05) is 0 Å². The fourth-order valence-electron chi connectivity index (χ4n) is 1.27. The molecule has 15 heavy (non-hydrogen) atoms. The van der Waals surface area contributed by atoms with Crippen LogP contribution in [0.2, 0.25) is 0 Å². The molecule has 86 valence electrons. The first-order chi connectivity index (χ1) is 6.56. The van der Waals surface area contributed by atoms with Gasteiger partial charge in [0, 0.05) is 6.04 Å². The summed E-state index contributed by atoms with van der Waals surface area (Å²) in [7, 11) is 0. The maximum atomic E-state index is 12.8. The van der Waals surface area contributed by atoms with Crippen molar-refractivity contribution in [2.45, 2.75) is 25.8 Å². The van der Waals surface area contributed by atoms with E-state index in [9.17, 15) is 13.2 Å². The minimum Gasteiger partial charge on any atom is -0.324 e. The molecule has 0 aromatic heterocycles. The molecular weight excluding hydrogens is 227 g/mol. The number of benzene rings is 1. The number of rotatable bonds is 3. The Bertz CT molecular complexity index is 307. The zero-order chi connectivity index (χ0) is 10.7. The molecular formula is C10H13ClF3N. The van der Waals surface area contributed by atoms with Crippen LogP contribution in [0.25, 0.3) is 0 Å². The smallest absolute Gasteiger partial charge is 0.194 e. The molecule has 0 radical (unpaired) electrons. The van der Waals surface area contributed by atoms with E-state index in [1.165, 1.54) is 0 Å². The minimum absolute atomic E-state index is 0. The van der Waals surface area contributed by atoms with E-state index in [1.807, 2.05) is 6.92 Å². The Balaban J connectivity index is 0.00000196. The molecule has 0 aliphatic carbocycles. The van der Waals surface area contributed by atoms with Gasteiger partial charge in [-0.05, 0) is 24.1 Å². The highest BCUT2D eigenvalue weighted by molar-refractivity contribution is 5.85. The first kappa shape index (κ1) is 14.3. The highest BCUT2D eigenvalue weighted by atomic mass is 35.5. The number of halogens is 4. The molecule has 1 rings (SSSR count). The number of nitrogens with two attached hydrogens (primary N) is 1. The van der Waals surface area contributed by atoms with Gasteiger partial charge < -0.3 is 5.73 Å². The normalized spacial score (nSPS) is 12.1. The van der Waals surface area contributed by atoms with Gasteiger partial charge in [-0.25, -0.2) is 13.2 Å². The Labute approximate surface area is 92.9 Å². The zero-order valence-corrected chi connectivity index (χ0v) is 9.08. The van der Waals surface area contributed by atoms with Crippen LogP contribution < -0.4 is 5.73 Å². The molecule has 0 amide bonds. The molecule has 2 N–H and O–H groups in total. The van der Waals surface area contributed by atoms with Crippen molar-refractivity contribution in [2.24, 2.45) is 5.73 Å². The van der Waals surface area contributed by atoms with Crippen LogP contribution in [-0.2, 0) is 0 Å². The number of hydrogen-bond acceptors (Lipinski definition) is 1. The Hall–Kier alpha value is -0.740. The molecule has 0 bridgehead atoms. The molecule has 1 nitrogen and oxygen atoms in total. The van der Waals surface area contributed by atoms with Gasteiger partial charge in [0.25, 0.3) is 0 Å². The van der Waals surface area contributed by atoms with Gasteiger partial charge in [0.05, 0.1) is 0 Å². The van der Waals surface area contributed by atoms with Gasteiger partial charge in [0.1, 0.15) is 0 Å². The monoisotopic (exact) mass is 239 g/mol. The average Bonchev–Trinajstić information content (AvgIpc) is 2.13. The molecule has 0 aliphatic rings. The summed E-state index contributed by atoms with van der Waals surface area (Å²) in [6, 6.07) is 1.45. The van der Waals surface area contributed by atoms with Crippen molar-refractivity contribution < 1.29 is 13.2 Å². The summed E-state index contributed by atoms with van der Waals surface area (Å²) in [4.78, 5) is 0. The van der Waals surface area contributed by atoms with Gasteiger partial charge in [0.2, 0.25) is 0 Å². The van der Waals surface area contributed by atoms with Crippen molar-refractivity contribution >= 4 is 12.4 Å². The fourth-order valence-corrected chi connectivity index (χ4v) is 1.27. The largest absolute Gasteiger partial charge is 0.324 e. The molecule has 1 aromatic rings. The van der Waals surface area contributed by atoms with Crippen LogP contribution >= 0.6 is 12.4 Å². The molecule has 0 saturated heterocycles. The van der Waals surface area contributed by atoms with Gasteiger partial charge in [-0.15, -0.1) is 12.4 Å². The second-order valence-corrected chi connectivity index (χ2v) is 3.19. The topological polar surface area (TPSA) is 26.0 Å². The third-order valence-electron chi connectivity index (χ3n) is 2.03. The number of hydrogen-bond donors (Lipinski definition) is 1. The second-order valence-electron chi connectivity index (χ2n) is 3.19. The van der Waals surface area contributed by atoms with E-state index in [1.54, 1.807) is 0 Å². The lowest BCUT2D eigenvalue weighted by molar-refractivity contribution is 0.442. The Kier molecular flexibility index (Phi) is 5.68. The van der Waals surface area contributed by atoms with Crippen molar-refractivity contribution in [3.05, 3.63) is 35.1 Å². The molecule has 1 atom stereocenters. The van der Waals surface area contributed by atoms with Crippen molar-refractivity contribution in [3.8, 4) is 0 Å². The lowest BCUT2D eigenvalue weighted by Gasteiger charge is -2.11. The molecule has 0 saturated carbocycles. The minimum atomic E-state index is -1.45. The van der Waals surface area contributed by atoms with E-state index in [-0.39, 0.29) is 12.4 Å². The first-order valence-corrected chi connectivity index (χ1v) is 4.46. The Morgan fingerprint density at radius 2 is 1.67 bits per heavy atom.